The summed E-state index contributed by atoms with van der Waals surface area (Å²) in [4.78, 5) is 37.5. The Kier molecular flexibility index (Phi) is 9.01. The molecule has 1 amide bonds. The lowest BCUT2D eigenvalue weighted by Crippen LogP contribution is -2.24. The molecule has 0 aliphatic rings. The molecule has 0 atom stereocenters. The zero-order valence-corrected chi connectivity index (χ0v) is 20.9. The van der Waals surface area contributed by atoms with Gasteiger partial charge in [0.25, 0.3) is 5.91 Å². The molecule has 4 aromatic rings. The molecular weight excluding hydrogens is 500 g/mol. The maximum Gasteiger partial charge on any atom is 0.343 e. The van der Waals surface area contributed by atoms with Crippen LogP contribution < -0.4 is 24.4 Å². The maximum atomic E-state index is 12.7. The molecule has 0 aromatic heterocycles. The van der Waals surface area contributed by atoms with Gasteiger partial charge in [0, 0.05) is 0 Å². The molecule has 4 rings (SSSR count). The third-order valence-electron chi connectivity index (χ3n) is 5.22. The normalized spacial score (nSPS) is 10.5. The molecule has 0 bridgehead atoms. The van der Waals surface area contributed by atoms with Gasteiger partial charge in [-0.25, -0.2) is 15.0 Å². The highest BCUT2D eigenvalue weighted by molar-refractivity contribution is 5.94. The van der Waals surface area contributed by atoms with Crippen molar-refractivity contribution >= 4 is 24.1 Å². The van der Waals surface area contributed by atoms with Crippen molar-refractivity contribution in [3.8, 4) is 23.0 Å². The van der Waals surface area contributed by atoms with Gasteiger partial charge in [0.05, 0.1) is 24.5 Å². The van der Waals surface area contributed by atoms with Crippen LogP contribution in [0.25, 0.3) is 0 Å². The van der Waals surface area contributed by atoms with Crippen molar-refractivity contribution in [3.05, 3.63) is 120 Å². The van der Waals surface area contributed by atoms with Crippen molar-refractivity contribution in [2.75, 3.05) is 13.7 Å². The van der Waals surface area contributed by atoms with Crippen molar-refractivity contribution in [1.82, 2.24) is 5.43 Å². The minimum atomic E-state index is -0.636. The molecule has 0 heterocycles. The zero-order chi connectivity index (χ0) is 27.5. The molecule has 9 nitrogen and oxygen atoms in total. The number of rotatable bonds is 10. The summed E-state index contributed by atoms with van der Waals surface area (Å²) in [6.07, 6.45) is 1.35. The molecule has 0 saturated heterocycles. The fraction of sp³-hybridized carbons (Fsp3) is 0.0667. The largest absolute Gasteiger partial charge is 0.493 e. The molecule has 0 spiro atoms. The topological polar surface area (TPSA) is 113 Å². The molecule has 9 heteroatoms. The van der Waals surface area contributed by atoms with E-state index < -0.39 is 17.8 Å². The molecular formula is C30H24N2O7. The number of para-hydroxylation sites is 2. The van der Waals surface area contributed by atoms with E-state index in [1.807, 2.05) is 0 Å². The van der Waals surface area contributed by atoms with Crippen molar-refractivity contribution in [3.63, 3.8) is 0 Å². The number of nitrogens with one attached hydrogen (secondary N) is 1. The van der Waals surface area contributed by atoms with Gasteiger partial charge in [-0.2, -0.15) is 5.10 Å². The first-order valence-electron chi connectivity index (χ1n) is 11.8. The maximum absolute atomic E-state index is 12.7. The third-order valence-corrected chi connectivity index (χ3v) is 5.22. The average Bonchev–Trinajstić information content (AvgIpc) is 2.98. The number of esters is 2. The number of methoxy groups -OCH3 is 1. The van der Waals surface area contributed by atoms with Crippen LogP contribution >= 0.6 is 0 Å². The summed E-state index contributed by atoms with van der Waals surface area (Å²) in [6, 6.07) is 28.3. The lowest BCUT2D eigenvalue weighted by atomic mass is 10.2. The SMILES string of the molecule is COc1ccccc1OCC(=O)NN=Cc1ccc(OC(=O)c2ccccc2)c(OC(=O)c2ccccc2)c1. The van der Waals surface area contributed by atoms with Crippen LogP contribution in [0.4, 0.5) is 0 Å². The molecule has 0 fully saturated rings. The lowest BCUT2D eigenvalue weighted by Gasteiger charge is -2.11. The molecule has 0 unspecified atom stereocenters. The Bertz CT molecular complexity index is 1470. The van der Waals surface area contributed by atoms with Crippen LogP contribution in [0.3, 0.4) is 0 Å². The first-order chi connectivity index (χ1) is 19.0. The number of amides is 1. The molecule has 0 radical (unpaired) electrons. The second-order valence-electron chi connectivity index (χ2n) is 7.95. The van der Waals surface area contributed by atoms with Gasteiger partial charge < -0.3 is 18.9 Å². The Balaban J connectivity index is 1.46. The van der Waals surface area contributed by atoms with Crippen molar-refractivity contribution < 1.29 is 33.3 Å². The standard InChI is InChI=1S/C30H24N2O7/c1-36-24-14-8-9-15-25(24)37-20-28(33)32-31-19-21-16-17-26(38-29(34)22-10-4-2-5-11-22)27(18-21)39-30(35)23-12-6-3-7-13-23/h2-19H,20H2,1H3,(H,32,33). The van der Waals surface area contributed by atoms with E-state index in [1.54, 1.807) is 91.0 Å². The van der Waals surface area contributed by atoms with E-state index in [2.05, 4.69) is 10.5 Å². The van der Waals surface area contributed by atoms with Crippen LogP contribution in [-0.4, -0.2) is 37.8 Å². The van der Waals surface area contributed by atoms with Gasteiger partial charge in [0.15, 0.2) is 29.6 Å². The summed E-state index contributed by atoms with van der Waals surface area (Å²) in [5, 5.41) is 3.93. The summed E-state index contributed by atoms with van der Waals surface area (Å²) < 4.78 is 21.7. The monoisotopic (exact) mass is 524 g/mol. The second-order valence-corrected chi connectivity index (χ2v) is 7.95. The Labute approximate surface area is 224 Å². The fourth-order valence-electron chi connectivity index (χ4n) is 3.33. The quantitative estimate of drug-likeness (QED) is 0.139. The van der Waals surface area contributed by atoms with E-state index in [0.29, 0.717) is 28.2 Å². The Hall–Kier alpha value is -5.44. The Morgan fingerprint density at radius 1 is 0.692 bits per heavy atom. The van der Waals surface area contributed by atoms with Crippen molar-refractivity contribution in [1.29, 1.82) is 0 Å². The fourth-order valence-corrected chi connectivity index (χ4v) is 3.33. The van der Waals surface area contributed by atoms with Crippen LogP contribution in [0, 0.1) is 0 Å². The van der Waals surface area contributed by atoms with Crippen molar-refractivity contribution in [2.24, 2.45) is 5.10 Å². The number of ether oxygens (including phenoxy) is 4. The van der Waals surface area contributed by atoms with Gasteiger partial charge in [-0.15, -0.1) is 0 Å². The van der Waals surface area contributed by atoms with Crippen LogP contribution in [0.2, 0.25) is 0 Å². The van der Waals surface area contributed by atoms with E-state index in [4.69, 9.17) is 18.9 Å². The van der Waals surface area contributed by atoms with Gasteiger partial charge in [-0.1, -0.05) is 48.5 Å². The highest BCUT2D eigenvalue weighted by atomic mass is 16.6. The first kappa shape index (κ1) is 26.6. The van der Waals surface area contributed by atoms with E-state index in [0.717, 1.165) is 0 Å². The van der Waals surface area contributed by atoms with Gasteiger partial charge in [-0.05, 0) is 60.2 Å². The summed E-state index contributed by atoms with van der Waals surface area (Å²) in [5.74, 6) is -0.785. The van der Waals surface area contributed by atoms with Gasteiger partial charge in [0.1, 0.15) is 0 Å². The minimum Gasteiger partial charge on any atom is -0.493 e. The van der Waals surface area contributed by atoms with Crippen LogP contribution in [0.5, 0.6) is 23.0 Å². The van der Waals surface area contributed by atoms with Crippen LogP contribution in [0.1, 0.15) is 26.3 Å². The van der Waals surface area contributed by atoms with Crippen LogP contribution in [0.15, 0.2) is 108 Å². The number of hydrazone groups is 1. The average molecular weight is 525 g/mol. The summed E-state index contributed by atoms with van der Waals surface area (Å²) in [5.41, 5.74) is 3.49. The summed E-state index contributed by atoms with van der Waals surface area (Å²) in [7, 11) is 1.51. The third kappa shape index (κ3) is 7.53. The Morgan fingerprint density at radius 2 is 1.26 bits per heavy atom. The molecule has 39 heavy (non-hydrogen) atoms. The smallest absolute Gasteiger partial charge is 0.343 e. The second kappa shape index (κ2) is 13.2. The van der Waals surface area contributed by atoms with E-state index in [-0.39, 0.29) is 18.1 Å². The van der Waals surface area contributed by atoms with Crippen molar-refractivity contribution in [2.45, 2.75) is 0 Å². The summed E-state index contributed by atoms with van der Waals surface area (Å²) >= 11 is 0. The van der Waals surface area contributed by atoms with Gasteiger partial charge in [0.2, 0.25) is 0 Å². The predicted octanol–water partition coefficient (Wildman–Crippen LogP) is 4.66. The highest BCUT2D eigenvalue weighted by Gasteiger charge is 2.17. The predicted molar refractivity (Wildman–Crippen MR) is 143 cm³/mol. The van der Waals surface area contributed by atoms with E-state index >= 15 is 0 Å². The molecule has 1 N–H and O–H groups in total. The molecule has 196 valence electrons. The lowest BCUT2D eigenvalue weighted by molar-refractivity contribution is -0.123. The van der Waals surface area contributed by atoms with Crippen LogP contribution in [-0.2, 0) is 4.79 Å². The molecule has 4 aromatic carbocycles. The molecule has 0 saturated carbocycles. The minimum absolute atomic E-state index is 0.00270. The number of benzene rings is 4. The summed E-state index contributed by atoms with van der Waals surface area (Å²) in [6.45, 7) is -0.286. The number of carbonyl (C=O) groups excluding carboxylic acids is 3. The Morgan fingerprint density at radius 3 is 1.87 bits per heavy atom. The van der Waals surface area contributed by atoms with Gasteiger partial charge in [-0.3, -0.25) is 4.79 Å². The number of hydrogen-bond donors (Lipinski definition) is 1. The number of carbonyl (C=O) groups is 3. The van der Waals surface area contributed by atoms with Gasteiger partial charge >= 0.3 is 11.9 Å². The number of nitrogens with zero attached hydrogens (tertiary/aromatic N) is 1. The molecule has 0 aliphatic heterocycles. The van der Waals surface area contributed by atoms with E-state index in [1.165, 1.54) is 25.5 Å². The zero-order valence-electron chi connectivity index (χ0n) is 20.9. The van der Waals surface area contributed by atoms with E-state index in [9.17, 15) is 14.4 Å². The first-order valence-corrected chi connectivity index (χ1v) is 11.8. The highest BCUT2D eigenvalue weighted by Crippen LogP contribution is 2.30. The number of hydrogen-bond acceptors (Lipinski definition) is 8. The molecule has 0 aliphatic carbocycles.